The van der Waals surface area contributed by atoms with Crippen molar-refractivity contribution >= 4 is 17.7 Å². The van der Waals surface area contributed by atoms with Crippen LogP contribution in [0.5, 0.6) is 0 Å². The Labute approximate surface area is 203 Å². The molecule has 0 radical (unpaired) electrons. The van der Waals surface area contributed by atoms with Gasteiger partial charge in [-0.2, -0.15) is 18.2 Å². The molecule has 0 saturated carbocycles. The molecule has 4 rings (SSSR count). The number of ether oxygens (including phenoxy) is 1. The van der Waals surface area contributed by atoms with Crippen molar-refractivity contribution in [2.24, 2.45) is 0 Å². The molecule has 0 aliphatic heterocycles. The van der Waals surface area contributed by atoms with E-state index in [9.17, 15) is 22.8 Å². The summed E-state index contributed by atoms with van der Waals surface area (Å²) in [6.45, 7) is 0.0312. The van der Waals surface area contributed by atoms with Gasteiger partial charge in [-0.15, -0.1) is 0 Å². The van der Waals surface area contributed by atoms with E-state index >= 15 is 0 Å². The lowest BCUT2D eigenvalue weighted by atomic mass is 10.1. The highest BCUT2D eigenvalue weighted by Gasteiger charge is 2.38. The van der Waals surface area contributed by atoms with Crippen LogP contribution in [0.2, 0.25) is 0 Å². The number of alkyl carbamates (subject to hydrolysis) is 1. The van der Waals surface area contributed by atoms with E-state index in [1.54, 1.807) is 42.5 Å². The van der Waals surface area contributed by atoms with Crippen molar-refractivity contribution < 1.29 is 32.0 Å². The Hall–Kier alpha value is -4.67. The third kappa shape index (κ3) is 6.26. The van der Waals surface area contributed by atoms with Crippen LogP contribution in [0.1, 0.15) is 23.1 Å². The van der Waals surface area contributed by atoms with E-state index < -0.39 is 30.1 Å². The molecular formula is C25H19F3N4O4. The third-order valence-corrected chi connectivity index (χ3v) is 4.95. The number of hydrogen-bond acceptors (Lipinski definition) is 6. The number of carbonyl (C=O) groups excluding carboxylic acids is 2. The molecule has 0 saturated heterocycles. The van der Waals surface area contributed by atoms with E-state index in [1.807, 2.05) is 18.2 Å². The first-order valence-corrected chi connectivity index (χ1v) is 10.6. The maximum absolute atomic E-state index is 13.0. The van der Waals surface area contributed by atoms with E-state index in [2.05, 4.69) is 25.3 Å². The van der Waals surface area contributed by atoms with Crippen LogP contribution in [-0.2, 0) is 22.3 Å². The minimum atomic E-state index is -4.75. The Balaban J connectivity index is 1.44. The minimum absolute atomic E-state index is 0.0312. The maximum Gasteiger partial charge on any atom is 0.471 e. The fraction of sp³-hybridized carbons (Fsp3) is 0.120. The van der Waals surface area contributed by atoms with Gasteiger partial charge in [-0.1, -0.05) is 65.8 Å². The molecule has 0 spiro atoms. The first-order valence-electron chi connectivity index (χ1n) is 10.6. The van der Waals surface area contributed by atoms with Gasteiger partial charge >= 0.3 is 18.2 Å². The topological polar surface area (TPSA) is 106 Å². The van der Waals surface area contributed by atoms with E-state index in [-0.39, 0.29) is 18.0 Å². The number of benzene rings is 3. The number of amides is 2. The van der Waals surface area contributed by atoms with Gasteiger partial charge in [0.25, 0.3) is 5.91 Å². The molecule has 1 atom stereocenters. The zero-order valence-corrected chi connectivity index (χ0v) is 18.5. The van der Waals surface area contributed by atoms with Crippen LogP contribution in [0.3, 0.4) is 0 Å². The van der Waals surface area contributed by atoms with E-state index in [0.29, 0.717) is 11.3 Å². The smallest absolute Gasteiger partial charge is 0.445 e. The van der Waals surface area contributed by atoms with Crippen molar-refractivity contribution in [2.45, 2.75) is 18.8 Å². The molecule has 2 amide bonds. The molecule has 0 aliphatic rings. The zero-order chi connectivity index (χ0) is 25.5. The highest BCUT2D eigenvalue weighted by molar-refractivity contribution is 5.97. The molecule has 1 unspecified atom stereocenters. The molecule has 184 valence electrons. The molecule has 2 N–H and O–H groups in total. The van der Waals surface area contributed by atoms with Crippen molar-refractivity contribution in [3.63, 3.8) is 0 Å². The lowest BCUT2D eigenvalue weighted by Gasteiger charge is -2.19. The molecule has 0 fully saturated rings. The third-order valence-electron chi connectivity index (χ3n) is 4.95. The fourth-order valence-electron chi connectivity index (χ4n) is 3.20. The summed E-state index contributed by atoms with van der Waals surface area (Å²) >= 11 is 0. The Morgan fingerprint density at radius 2 is 1.56 bits per heavy atom. The van der Waals surface area contributed by atoms with Crippen LogP contribution in [0.4, 0.5) is 23.7 Å². The summed E-state index contributed by atoms with van der Waals surface area (Å²) in [5, 5.41) is 8.57. The van der Waals surface area contributed by atoms with Gasteiger partial charge in [0.1, 0.15) is 12.6 Å². The van der Waals surface area contributed by atoms with Gasteiger partial charge in [0.05, 0.1) is 0 Å². The molecule has 36 heavy (non-hydrogen) atoms. The van der Waals surface area contributed by atoms with Gasteiger partial charge in [-0.3, -0.25) is 4.79 Å². The average molecular weight is 496 g/mol. The molecule has 11 heteroatoms. The van der Waals surface area contributed by atoms with Crippen LogP contribution in [0, 0.1) is 0 Å². The quantitative estimate of drug-likeness (QED) is 0.357. The van der Waals surface area contributed by atoms with Gasteiger partial charge in [0.15, 0.2) is 0 Å². The second-order valence-electron chi connectivity index (χ2n) is 7.54. The van der Waals surface area contributed by atoms with Crippen molar-refractivity contribution in [1.82, 2.24) is 15.5 Å². The predicted octanol–water partition coefficient (Wildman–Crippen LogP) is 5.36. The van der Waals surface area contributed by atoms with Crippen LogP contribution in [-0.4, -0.2) is 22.1 Å². The van der Waals surface area contributed by atoms with E-state index in [1.165, 1.54) is 24.3 Å². The maximum atomic E-state index is 13.0. The first-order chi connectivity index (χ1) is 17.3. The van der Waals surface area contributed by atoms with Crippen molar-refractivity contribution in [1.29, 1.82) is 0 Å². The number of halogens is 3. The lowest BCUT2D eigenvalue weighted by Crippen LogP contribution is -2.37. The standard InChI is InChI=1S/C25H19F3N4O4/c26-25(27,28)23-31-21(32-36-23)18-11-13-19(14-12-18)29-22(33)20(17-9-5-2-6-10-17)30-24(34)35-15-16-7-3-1-4-8-16/h1-14,20H,15H2,(H,29,33)(H,30,34). The molecule has 3 aromatic carbocycles. The van der Waals surface area contributed by atoms with Crippen molar-refractivity contribution in [2.75, 3.05) is 5.32 Å². The number of carbonyl (C=O) groups is 2. The zero-order valence-electron chi connectivity index (χ0n) is 18.5. The molecular weight excluding hydrogens is 477 g/mol. The fourth-order valence-corrected chi connectivity index (χ4v) is 3.20. The van der Waals surface area contributed by atoms with Crippen LogP contribution < -0.4 is 10.6 Å². The molecule has 1 heterocycles. The Bertz CT molecular complexity index is 1310. The summed E-state index contributed by atoms with van der Waals surface area (Å²) in [4.78, 5) is 28.8. The minimum Gasteiger partial charge on any atom is -0.445 e. The predicted molar refractivity (Wildman–Crippen MR) is 122 cm³/mol. The van der Waals surface area contributed by atoms with Gasteiger partial charge in [-0.25, -0.2) is 4.79 Å². The summed E-state index contributed by atoms with van der Waals surface area (Å²) in [7, 11) is 0. The number of rotatable bonds is 7. The molecule has 0 aliphatic carbocycles. The Morgan fingerprint density at radius 1 is 0.917 bits per heavy atom. The van der Waals surface area contributed by atoms with Crippen molar-refractivity contribution in [3.8, 4) is 11.4 Å². The molecule has 1 aromatic heterocycles. The summed E-state index contributed by atoms with van der Waals surface area (Å²) in [6, 6.07) is 22.4. The highest BCUT2D eigenvalue weighted by atomic mass is 19.4. The normalized spacial score (nSPS) is 12.0. The average Bonchev–Trinajstić information content (AvgIpc) is 3.39. The van der Waals surface area contributed by atoms with Gasteiger partial charge in [0.2, 0.25) is 5.82 Å². The summed E-state index contributed by atoms with van der Waals surface area (Å²) in [5.41, 5.74) is 1.91. The summed E-state index contributed by atoms with van der Waals surface area (Å²) in [6.07, 6.45) is -5.53. The largest absolute Gasteiger partial charge is 0.471 e. The molecule has 4 aromatic rings. The highest BCUT2D eigenvalue weighted by Crippen LogP contribution is 2.29. The number of anilines is 1. The van der Waals surface area contributed by atoms with Crippen LogP contribution >= 0.6 is 0 Å². The van der Waals surface area contributed by atoms with Gasteiger partial charge in [0, 0.05) is 11.3 Å². The lowest BCUT2D eigenvalue weighted by molar-refractivity contribution is -0.159. The number of aromatic nitrogens is 2. The number of nitrogens with zero attached hydrogens (tertiary/aromatic N) is 2. The summed E-state index contributed by atoms with van der Waals surface area (Å²) < 4.78 is 47.5. The second kappa shape index (κ2) is 10.7. The van der Waals surface area contributed by atoms with Crippen molar-refractivity contribution in [3.05, 3.63) is 102 Å². The summed E-state index contributed by atoms with van der Waals surface area (Å²) in [5.74, 6) is -2.25. The number of nitrogens with one attached hydrogen (secondary N) is 2. The van der Waals surface area contributed by atoms with Gasteiger partial charge < -0.3 is 19.9 Å². The monoisotopic (exact) mass is 496 g/mol. The van der Waals surface area contributed by atoms with E-state index in [4.69, 9.17) is 4.74 Å². The van der Waals surface area contributed by atoms with Crippen LogP contribution in [0.25, 0.3) is 11.4 Å². The first kappa shape index (κ1) is 24.5. The Kier molecular flexibility index (Phi) is 7.28. The number of alkyl halides is 3. The Morgan fingerprint density at radius 3 is 2.17 bits per heavy atom. The second-order valence-corrected chi connectivity index (χ2v) is 7.54. The number of hydrogen-bond donors (Lipinski definition) is 2. The molecule has 0 bridgehead atoms. The SMILES string of the molecule is O=C(NC(C(=O)Nc1ccc(-c2noc(C(F)(F)F)n2)cc1)c1ccccc1)OCc1ccccc1. The van der Waals surface area contributed by atoms with Crippen LogP contribution in [0.15, 0.2) is 89.5 Å². The van der Waals surface area contributed by atoms with Gasteiger partial charge in [-0.05, 0) is 35.4 Å². The molecule has 8 nitrogen and oxygen atoms in total. The van der Waals surface area contributed by atoms with E-state index in [0.717, 1.165) is 5.56 Å².